The van der Waals surface area contributed by atoms with Crippen molar-refractivity contribution in [3.8, 4) is 0 Å². The van der Waals surface area contributed by atoms with Crippen LogP contribution < -0.4 is 4.80 Å². The molecule has 0 aliphatic carbocycles. The molecule has 0 aliphatic heterocycles. The van der Waals surface area contributed by atoms with Crippen LogP contribution in [0.25, 0.3) is 10.2 Å². The Labute approximate surface area is 120 Å². The Hall–Kier alpha value is -1.53. The highest BCUT2D eigenvalue weighted by molar-refractivity contribution is 7.16. The van der Waals surface area contributed by atoms with Gasteiger partial charge >= 0.3 is 0 Å². The molecule has 1 heterocycles. The topological polar surface area (TPSA) is 43.6 Å². The fraction of sp³-hybridized carbons (Fsp3) is 0.429. The minimum absolute atomic E-state index is 0.159. The Kier molecular flexibility index (Phi) is 4.67. The number of hydrogen-bond donors (Lipinski definition) is 0. The zero-order chi connectivity index (χ0) is 14.7. The first-order chi connectivity index (χ1) is 9.52. The standard InChI is InChI=1S/C14H17FN2O2S/c1-9(2)13(18)16-14-17(6-7-19-3)11-5-4-10(15)8-12(11)20-14/h4-5,8-9H,6-7H2,1-3H3. The van der Waals surface area contributed by atoms with Gasteiger partial charge in [0, 0.05) is 19.6 Å². The maximum absolute atomic E-state index is 13.3. The van der Waals surface area contributed by atoms with Crippen LogP contribution in [0, 0.1) is 11.7 Å². The molecule has 4 nitrogen and oxygen atoms in total. The molecule has 0 spiro atoms. The summed E-state index contributed by atoms with van der Waals surface area (Å²) >= 11 is 1.31. The minimum atomic E-state index is -0.292. The van der Waals surface area contributed by atoms with E-state index in [0.717, 1.165) is 10.2 Å². The van der Waals surface area contributed by atoms with Crippen LogP contribution in [-0.4, -0.2) is 24.2 Å². The zero-order valence-electron chi connectivity index (χ0n) is 11.7. The van der Waals surface area contributed by atoms with Gasteiger partial charge in [-0.05, 0) is 18.2 Å². The lowest BCUT2D eigenvalue weighted by atomic mass is 10.2. The Morgan fingerprint density at radius 3 is 2.90 bits per heavy atom. The number of halogens is 1. The third-order valence-electron chi connectivity index (χ3n) is 2.86. The van der Waals surface area contributed by atoms with E-state index in [9.17, 15) is 9.18 Å². The van der Waals surface area contributed by atoms with Crippen molar-refractivity contribution < 1.29 is 13.9 Å². The van der Waals surface area contributed by atoms with Gasteiger partial charge in [-0.2, -0.15) is 4.99 Å². The molecule has 0 unspecified atom stereocenters. The van der Waals surface area contributed by atoms with Crippen LogP contribution in [0.5, 0.6) is 0 Å². The molecule has 2 aromatic rings. The summed E-state index contributed by atoms with van der Waals surface area (Å²) in [4.78, 5) is 16.5. The summed E-state index contributed by atoms with van der Waals surface area (Å²) < 4.78 is 21.0. The number of fused-ring (bicyclic) bond motifs is 1. The van der Waals surface area contributed by atoms with Gasteiger partial charge in [0.2, 0.25) is 0 Å². The van der Waals surface area contributed by atoms with Crippen molar-refractivity contribution in [1.82, 2.24) is 4.57 Å². The van der Waals surface area contributed by atoms with Crippen LogP contribution in [-0.2, 0) is 16.1 Å². The van der Waals surface area contributed by atoms with Crippen molar-refractivity contribution in [3.63, 3.8) is 0 Å². The maximum Gasteiger partial charge on any atom is 0.250 e. The van der Waals surface area contributed by atoms with Gasteiger partial charge in [-0.15, -0.1) is 0 Å². The van der Waals surface area contributed by atoms with Gasteiger partial charge in [-0.3, -0.25) is 4.79 Å². The van der Waals surface area contributed by atoms with Gasteiger partial charge in [0.05, 0.1) is 16.8 Å². The molecule has 0 bridgehead atoms. The van der Waals surface area contributed by atoms with E-state index in [1.54, 1.807) is 27.0 Å². The molecule has 0 radical (unpaired) electrons. The van der Waals surface area contributed by atoms with Gasteiger partial charge in [0.25, 0.3) is 5.91 Å². The number of benzene rings is 1. The van der Waals surface area contributed by atoms with E-state index in [4.69, 9.17) is 4.74 Å². The van der Waals surface area contributed by atoms with Gasteiger partial charge in [0.1, 0.15) is 5.82 Å². The summed E-state index contributed by atoms with van der Waals surface area (Å²) in [5, 5.41) is 0. The van der Waals surface area contributed by atoms with E-state index < -0.39 is 0 Å². The summed E-state index contributed by atoms with van der Waals surface area (Å²) in [6, 6.07) is 4.57. The van der Waals surface area contributed by atoms with E-state index in [1.807, 2.05) is 4.57 Å². The number of carbonyl (C=O) groups excluding carboxylic acids is 1. The number of methoxy groups -OCH3 is 1. The summed E-state index contributed by atoms with van der Waals surface area (Å²) in [5.41, 5.74) is 0.865. The van der Waals surface area contributed by atoms with Crippen molar-refractivity contribution >= 4 is 27.5 Å². The number of carbonyl (C=O) groups is 1. The lowest BCUT2D eigenvalue weighted by molar-refractivity contribution is -0.120. The average molecular weight is 296 g/mol. The molecular weight excluding hydrogens is 279 g/mol. The molecule has 108 valence electrons. The number of ether oxygens (including phenoxy) is 1. The molecule has 2 rings (SSSR count). The van der Waals surface area contributed by atoms with Crippen LogP contribution >= 0.6 is 11.3 Å². The molecule has 6 heteroatoms. The van der Waals surface area contributed by atoms with Crippen molar-refractivity contribution in [2.75, 3.05) is 13.7 Å². The molecule has 0 saturated heterocycles. The van der Waals surface area contributed by atoms with Crippen LogP contribution in [0.3, 0.4) is 0 Å². The SMILES string of the molecule is COCCn1c(=NC(=O)C(C)C)sc2cc(F)ccc21. The van der Waals surface area contributed by atoms with E-state index in [0.29, 0.717) is 18.0 Å². The molecule has 20 heavy (non-hydrogen) atoms. The summed E-state index contributed by atoms with van der Waals surface area (Å²) in [5.74, 6) is -0.629. The van der Waals surface area contributed by atoms with Gasteiger partial charge in [-0.25, -0.2) is 4.39 Å². The highest BCUT2D eigenvalue weighted by atomic mass is 32.1. The van der Waals surface area contributed by atoms with Crippen LogP contribution in [0.4, 0.5) is 4.39 Å². The van der Waals surface area contributed by atoms with Crippen LogP contribution in [0.15, 0.2) is 23.2 Å². The molecule has 0 atom stereocenters. The number of hydrogen-bond acceptors (Lipinski definition) is 3. The van der Waals surface area contributed by atoms with Crippen molar-refractivity contribution in [2.45, 2.75) is 20.4 Å². The van der Waals surface area contributed by atoms with Gasteiger partial charge < -0.3 is 9.30 Å². The number of thiazole rings is 1. The summed E-state index contributed by atoms with van der Waals surface area (Å²) in [7, 11) is 1.62. The molecular formula is C14H17FN2O2S. The van der Waals surface area contributed by atoms with Crippen molar-refractivity contribution in [3.05, 3.63) is 28.8 Å². The Bertz CT molecular complexity index is 688. The van der Waals surface area contributed by atoms with Crippen LogP contribution in [0.2, 0.25) is 0 Å². The first kappa shape index (κ1) is 14.9. The lowest BCUT2D eigenvalue weighted by Gasteiger charge is -2.04. The van der Waals surface area contributed by atoms with Gasteiger partial charge in [0.15, 0.2) is 4.80 Å². The largest absolute Gasteiger partial charge is 0.383 e. The fourth-order valence-electron chi connectivity index (χ4n) is 1.75. The van der Waals surface area contributed by atoms with E-state index in [-0.39, 0.29) is 17.6 Å². The smallest absolute Gasteiger partial charge is 0.250 e. The zero-order valence-corrected chi connectivity index (χ0v) is 12.5. The molecule has 0 N–H and O–H groups in total. The number of aromatic nitrogens is 1. The monoisotopic (exact) mass is 296 g/mol. The van der Waals surface area contributed by atoms with Crippen molar-refractivity contribution in [1.29, 1.82) is 0 Å². The summed E-state index contributed by atoms with van der Waals surface area (Å²) in [6.45, 7) is 4.69. The number of amides is 1. The Balaban J connectivity index is 2.59. The molecule has 1 amide bonds. The molecule has 1 aromatic heterocycles. The third kappa shape index (κ3) is 3.13. The fourth-order valence-corrected chi connectivity index (χ4v) is 2.84. The first-order valence-corrected chi connectivity index (χ1v) is 7.21. The third-order valence-corrected chi connectivity index (χ3v) is 3.90. The Morgan fingerprint density at radius 2 is 2.25 bits per heavy atom. The predicted octanol–water partition coefficient (Wildman–Crippen LogP) is 2.57. The second kappa shape index (κ2) is 6.28. The number of rotatable bonds is 4. The van der Waals surface area contributed by atoms with E-state index in [1.165, 1.54) is 23.5 Å². The second-order valence-electron chi connectivity index (χ2n) is 4.75. The first-order valence-electron chi connectivity index (χ1n) is 6.39. The Morgan fingerprint density at radius 1 is 1.50 bits per heavy atom. The number of nitrogens with zero attached hydrogens (tertiary/aromatic N) is 2. The quantitative estimate of drug-likeness (QED) is 0.870. The highest BCUT2D eigenvalue weighted by Gasteiger charge is 2.10. The highest BCUT2D eigenvalue weighted by Crippen LogP contribution is 2.18. The predicted molar refractivity (Wildman–Crippen MR) is 77.1 cm³/mol. The van der Waals surface area contributed by atoms with E-state index >= 15 is 0 Å². The van der Waals surface area contributed by atoms with Crippen molar-refractivity contribution in [2.24, 2.45) is 10.9 Å². The summed E-state index contributed by atoms with van der Waals surface area (Å²) in [6.07, 6.45) is 0. The second-order valence-corrected chi connectivity index (χ2v) is 5.75. The maximum atomic E-state index is 13.3. The molecule has 0 aliphatic rings. The van der Waals surface area contributed by atoms with E-state index in [2.05, 4.69) is 4.99 Å². The average Bonchev–Trinajstić information content (AvgIpc) is 2.72. The molecule has 1 aromatic carbocycles. The molecule has 0 fully saturated rings. The van der Waals surface area contributed by atoms with Crippen LogP contribution in [0.1, 0.15) is 13.8 Å². The molecule has 0 saturated carbocycles. The lowest BCUT2D eigenvalue weighted by Crippen LogP contribution is -2.20. The minimum Gasteiger partial charge on any atom is -0.383 e. The van der Waals surface area contributed by atoms with Gasteiger partial charge in [-0.1, -0.05) is 25.2 Å². The normalized spacial score (nSPS) is 12.6.